The first-order valence-electron chi connectivity index (χ1n) is 14.1. The predicted molar refractivity (Wildman–Crippen MR) is 160 cm³/mol. The fourth-order valence-corrected chi connectivity index (χ4v) is 23.7. The Balaban J connectivity index is 3.40. The number of ether oxygens (including phenoxy) is 1. The minimum absolute atomic E-state index is 0.111. The molecule has 1 aromatic carbocycles. The molecule has 1 aromatic rings. The van der Waals surface area contributed by atoms with Crippen molar-refractivity contribution in [2.75, 3.05) is 11.1 Å². The van der Waals surface area contributed by atoms with Crippen LogP contribution in [0.4, 0.5) is 4.79 Å². The molecule has 5 heteroatoms. The second-order valence-electron chi connectivity index (χ2n) is 12.0. The van der Waals surface area contributed by atoms with Gasteiger partial charge >= 0.3 is 224 Å². The molecular formula is C30H55NO2SiSn. The average molecular weight is 609 g/mol. The van der Waals surface area contributed by atoms with E-state index in [1.165, 1.54) is 62.2 Å². The van der Waals surface area contributed by atoms with Gasteiger partial charge in [0.2, 0.25) is 0 Å². The zero-order valence-electron chi connectivity index (χ0n) is 24.5. The van der Waals surface area contributed by atoms with Crippen LogP contribution in [-0.2, 0) is 4.74 Å². The quantitative estimate of drug-likeness (QED) is 0.187. The van der Waals surface area contributed by atoms with Crippen molar-refractivity contribution in [3.05, 3.63) is 41.6 Å². The number of allylic oxidation sites excluding steroid dienone is 1. The van der Waals surface area contributed by atoms with Crippen molar-refractivity contribution in [3.8, 4) is 0 Å². The van der Waals surface area contributed by atoms with Crippen LogP contribution < -0.4 is 5.19 Å². The van der Waals surface area contributed by atoms with Crippen LogP contribution in [0.3, 0.4) is 0 Å². The molecule has 0 atom stereocenters. The van der Waals surface area contributed by atoms with Gasteiger partial charge in [-0.1, -0.05) is 0 Å². The van der Waals surface area contributed by atoms with Crippen molar-refractivity contribution >= 4 is 37.7 Å². The van der Waals surface area contributed by atoms with Gasteiger partial charge < -0.3 is 0 Å². The summed E-state index contributed by atoms with van der Waals surface area (Å²) >= 11 is -2.60. The summed E-state index contributed by atoms with van der Waals surface area (Å²) in [4.78, 5) is 15.9. The second-order valence-corrected chi connectivity index (χ2v) is 30.2. The minimum atomic E-state index is -2.60. The summed E-state index contributed by atoms with van der Waals surface area (Å²) in [6.07, 6.45) is 9.86. The van der Waals surface area contributed by atoms with Crippen molar-refractivity contribution in [1.29, 1.82) is 0 Å². The summed E-state index contributed by atoms with van der Waals surface area (Å²) in [6.45, 7) is 20.6. The summed E-state index contributed by atoms with van der Waals surface area (Å²) in [6, 6.07) is 10.9. The first-order valence-corrected chi connectivity index (χ1v) is 25.2. The Morgan fingerprint density at radius 2 is 1.43 bits per heavy atom. The predicted octanol–water partition coefficient (Wildman–Crippen LogP) is 8.71. The number of unbranched alkanes of at least 4 members (excludes halogenated alkanes) is 3. The molecule has 3 nitrogen and oxygen atoms in total. The molecule has 0 aromatic heterocycles. The van der Waals surface area contributed by atoms with E-state index in [1.54, 1.807) is 0 Å². The number of hydrogen-bond acceptors (Lipinski definition) is 2. The van der Waals surface area contributed by atoms with Crippen LogP contribution in [0.25, 0.3) is 0 Å². The van der Waals surface area contributed by atoms with E-state index < -0.39 is 32.1 Å². The molecule has 0 heterocycles. The SMILES string of the molecule is C/C=C(/CN([CH2][Sn]([CH2]CCC)([CH2]CCC)[CH2]CCC)C(=O)OC(C)(C)C)[Si](C)(C)c1ccccc1. The van der Waals surface area contributed by atoms with Gasteiger partial charge in [-0.05, 0) is 0 Å². The van der Waals surface area contributed by atoms with Gasteiger partial charge in [-0.2, -0.15) is 0 Å². The van der Waals surface area contributed by atoms with Crippen LogP contribution in [0.5, 0.6) is 0 Å². The first-order chi connectivity index (χ1) is 16.4. The average Bonchev–Trinajstić information content (AvgIpc) is 2.81. The van der Waals surface area contributed by atoms with Crippen molar-refractivity contribution in [2.45, 2.75) is 119 Å². The molecule has 0 aliphatic carbocycles. The van der Waals surface area contributed by atoms with E-state index in [9.17, 15) is 4.79 Å². The maximum absolute atomic E-state index is 13.7. The van der Waals surface area contributed by atoms with E-state index >= 15 is 0 Å². The second kappa shape index (κ2) is 15.5. The monoisotopic (exact) mass is 609 g/mol. The Kier molecular flexibility index (Phi) is 14.3. The van der Waals surface area contributed by atoms with Gasteiger partial charge in [0.15, 0.2) is 0 Å². The van der Waals surface area contributed by atoms with Crippen molar-refractivity contribution in [1.82, 2.24) is 4.90 Å². The summed E-state index contributed by atoms with van der Waals surface area (Å²) in [7, 11) is -1.89. The number of hydrogen-bond donors (Lipinski definition) is 0. The van der Waals surface area contributed by atoms with Crippen molar-refractivity contribution < 1.29 is 9.53 Å². The molecule has 0 unspecified atom stereocenters. The van der Waals surface area contributed by atoms with E-state index in [-0.39, 0.29) is 6.09 Å². The summed E-state index contributed by atoms with van der Waals surface area (Å²) in [5.74, 6) is 0. The van der Waals surface area contributed by atoms with Gasteiger partial charge in [0.05, 0.1) is 0 Å². The van der Waals surface area contributed by atoms with Gasteiger partial charge in [0.25, 0.3) is 0 Å². The standard InChI is InChI=1S/C18H28NO2Si.3C4H9.Sn/c1-8-15(14-19(5)17(20)21-18(2,3)4)22(6,7)16-12-10-9-11-13-16;3*1-3-4-2;/h8-13H,5,14H2,1-4,6-7H3;3*1,3-4H2,2H3;/b15-8-;;;;. The third kappa shape index (κ3) is 11.0. The topological polar surface area (TPSA) is 29.5 Å². The van der Waals surface area contributed by atoms with Gasteiger partial charge in [-0.15, -0.1) is 0 Å². The molecular weight excluding hydrogens is 553 g/mol. The van der Waals surface area contributed by atoms with Gasteiger partial charge in [0, 0.05) is 0 Å². The number of amides is 1. The molecule has 1 amide bonds. The van der Waals surface area contributed by atoms with Crippen LogP contribution in [0.15, 0.2) is 41.6 Å². The number of carbonyl (C=O) groups excluding carboxylic acids is 1. The fourth-order valence-electron chi connectivity index (χ4n) is 5.08. The Morgan fingerprint density at radius 3 is 1.83 bits per heavy atom. The Morgan fingerprint density at radius 1 is 0.943 bits per heavy atom. The van der Waals surface area contributed by atoms with E-state index in [4.69, 9.17) is 4.74 Å². The molecule has 0 saturated carbocycles. The maximum atomic E-state index is 13.7. The van der Waals surface area contributed by atoms with Crippen molar-refractivity contribution in [2.24, 2.45) is 0 Å². The number of rotatable bonds is 15. The number of benzene rings is 1. The van der Waals surface area contributed by atoms with E-state index in [1.807, 2.05) is 20.8 Å². The third-order valence-corrected chi connectivity index (χ3v) is 26.3. The molecule has 200 valence electrons. The normalized spacial score (nSPS) is 13.1. The molecule has 0 aliphatic heterocycles. The molecule has 0 aliphatic rings. The van der Waals surface area contributed by atoms with Crippen LogP contribution in [0.2, 0.25) is 26.4 Å². The summed E-state index contributed by atoms with van der Waals surface area (Å²) in [5.41, 5.74) is -0.480. The third-order valence-electron chi connectivity index (χ3n) is 7.37. The molecule has 1 rings (SSSR count). The van der Waals surface area contributed by atoms with Gasteiger partial charge in [-0.3, -0.25) is 0 Å². The van der Waals surface area contributed by atoms with Crippen LogP contribution in [-0.4, -0.2) is 54.2 Å². The van der Waals surface area contributed by atoms with Gasteiger partial charge in [0.1, 0.15) is 0 Å². The molecule has 0 bridgehead atoms. The van der Waals surface area contributed by atoms with Gasteiger partial charge in [-0.25, -0.2) is 0 Å². The number of carbonyl (C=O) groups is 1. The zero-order chi connectivity index (χ0) is 26.5. The molecule has 0 fully saturated rings. The van der Waals surface area contributed by atoms with Crippen LogP contribution in [0, 0.1) is 0 Å². The van der Waals surface area contributed by atoms with E-state index in [2.05, 4.69) is 82.1 Å². The molecule has 0 spiro atoms. The van der Waals surface area contributed by atoms with E-state index in [0.717, 1.165) is 4.56 Å². The van der Waals surface area contributed by atoms with Crippen LogP contribution in [0.1, 0.15) is 87.0 Å². The molecule has 35 heavy (non-hydrogen) atoms. The summed E-state index contributed by atoms with van der Waals surface area (Å²) in [5, 5.41) is 2.85. The number of nitrogens with zero attached hydrogens (tertiary/aromatic N) is 1. The Bertz CT molecular complexity index is 749. The summed E-state index contributed by atoms with van der Waals surface area (Å²) < 4.78 is 11.2. The van der Waals surface area contributed by atoms with E-state index in [0.29, 0.717) is 6.54 Å². The zero-order valence-corrected chi connectivity index (χ0v) is 28.4. The Labute approximate surface area is 223 Å². The first kappa shape index (κ1) is 32.3. The van der Waals surface area contributed by atoms with Crippen LogP contribution >= 0.6 is 0 Å². The molecule has 0 N–H and O–H groups in total. The molecule has 0 radical (unpaired) electrons. The Hall–Kier alpha value is -0.754. The molecule has 0 saturated heterocycles. The fraction of sp³-hybridized carbons (Fsp3) is 0.700. The van der Waals surface area contributed by atoms with Crippen molar-refractivity contribution in [3.63, 3.8) is 0 Å².